The summed E-state index contributed by atoms with van der Waals surface area (Å²) in [6, 6.07) is 20.4. The normalized spacial score (nSPS) is 19.8. The van der Waals surface area contributed by atoms with Gasteiger partial charge in [-0.2, -0.15) is 0 Å². The fourth-order valence-corrected chi connectivity index (χ4v) is 4.23. The molecule has 0 radical (unpaired) electrons. The van der Waals surface area contributed by atoms with Gasteiger partial charge >= 0.3 is 0 Å². The second kappa shape index (κ2) is 7.94. The van der Waals surface area contributed by atoms with Gasteiger partial charge in [0.2, 0.25) is 0 Å². The Hall–Kier alpha value is -1.64. The van der Waals surface area contributed by atoms with Crippen LogP contribution in [-0.4, -0.2) is 35.0 Å². The van der Waals surface area contributed by atoms with Crippen LogP contribution in [0.4, 0.5) is 0 Å². The van der Waals surface area contributed by atoms with E-state index < -0.39 is 0 Å². The Balaban J connectivity index is 1.89. The Kier molecular flexibility index (Phi) is 5.84. The maximum atomic E-state index is 2.70. The van der Waals surface area contributed by atoms with Crippen molar-refractivity contribution in [2.24, 2.45) is 0 Å². The molecule has 0 aromatic heterocycles. The second-order valence-electron chi connectivity index (χ2n) is 8.88. The number of benzene rings is 2. The van der Waals surface area contributed by atoms with Crippen LogP contribution in [0.1, 0.15) is 63.3 Å². The number of nitrogens with zero attached hydrogens (tertiary/aromatic N) is 2. The number of hydrogen-bond acceptors (Lipinski definition) is 2. The Morgan fingerprint density at radius 1 is 0.923 bits per heavy atom. The van der Waals surface area contributed by atoms with Crippen molar-refractivity contribution in [1.82, 2.24) is 9.80 Å². The molecule has 2 nitrogen and oxygen atoms in total. The molecule has 0 saturated carbocycles. The average molecular weight is 351 g/mol. The largest absolute Gasteiger partial charge is 0.296 e. The molecule has 1 unspecified atom stereocenters. The molecule has 26 heavy (non-hydrogen) atoms. The monoisotopic (exact) mass is 350 g/mol. The third kappa shape index (κ3) is 4.36. The highest BCUT2D eigenvalue weighted by molar-refractivity contribution is 5.33. The van der Waals surface area contributed by atoms with E-state index in [4.69, 9.17) is 0 Å². The maximum absolute atomic E-state index is 2.70. The summed E-state index contributed by atoms with van der Waals surface area (Å²) in [6.45, 7) is 16.1. The van der Waals surface area contributed by atoms with Crippen LogP contribution in [0.15, 0.2) is 54.6 Å². The van der Waals surface area contributed by atoms with Crippen LogP contribution in [0.25, 0.3) is 0 Å². The van der Waals surface area contributed by atoms with Gasteiger partial charge in [-0.05, 0) is 43.4 Å². The van der Waals surface area contributed by atoms with E-state index in [1.54, 1.807) is 0 Å². The van der Waals surface area contributed by atoms with Gasteiger partial charge in [-0.15, -0.1) is 0 Å². The van der Waals surface area contributed by atoms with E-state index in [9.17, 15) is 0 Å². The molecular formula is C24H34N2. The summed E-state index contributed by atoms with van der Waals surface area (Å²) in [7, 11) is 0. The quantitative estimate of drug-likeness (QED) is 0.721. The first-order valence-corrected chi connectivity index (χ1v) is 9.98. The van der Waals surface area contributed by atoms with E-state index in [1.165, 1.54) is 16.7 Å². The fraction of sp³-hybridized carbons (Fsp3) is 0.500. The van der Waals surface area contributed by atoms with Gasteiger partial charge in [0.05, 0.1) is 0 Å². The van der Waals surface area contributed by atoms with E-state index in [1.807, 2.05) is 0 Å². The number of piperazine rings is 1. The van der Waals surface area contributed by atoms with Gasteiger partial charge in [0.15, 0.2) is 0 Å². The Morgan fingerprint density at radius 2 is 1.58 bits per heavy atom. The van der Waals surface area contributed by atoms with Crippen molar-refractivity contribution in [3.8, 4) is 0 Å². The Labute approximate surface area is 159 Å². The molecule has 1 fully saturated rings. The summed E-state index contributed by atoms with van der Waals surface area (Å²) in [4.78, 5) is 5.33. The summed E-state index contributed by atoms with van der Waals surface area (Å²) in [5, 5.41) is 0. The molecule has 2 heteroatoms. The number of rotatable bonds is 4. The van der Waals surface area contributed by atoms with Crippen molar-refractivity contribution in [1.29, 1.82) is 0 Å². The highest BCUT2D eigenvalue weighted by Gasteiger charge is 2.35. The third-order valence-electron chi connectivity index (χ3n) is 5.55. The molecule has 1 saturated heterocycles. The van der Waals surface area contributed by atoms with E-state index in [2.05, 4.69) is 99.0 Å². The SMILES string of the molecule is CC(C)c1ccccc1C1CN(Cc2ccccc2)CCN1C(C)(C)C. The van der Waals surface area contributed by atoms with Crippen LogP contribution in [0.2, 0.25) is 0 Å². The first kappa shape index (κ1) is 19.1. The van der Waals surface area contributed by atoms with Crippen molar-refractivity contribution < 1.29 is 0 Å². The summed E-state index contributed by atoms with van der Waals surface area (Å²) in [6.07, 6.45) is 0. The molecule has 0 bridgehead atoms. The van der Waals surface area contributed by atoms with Gasteiger partial charge in [0.1, 0.15) is 0 Å². The lowest BCUT2D eigenvalue weighted by Crippen LogP contribution is -2.55. The molecule has 3 rings (SSSR count). The van der Waals surface area contributed by atoms with Crippen LogP contribution in [-0.2, 0) is 6.54 Å². The van der Waals surface area contributed by atoms with Crippen LogP contribution < -0.4 is 0 Å². The summed E-state index contributed by atoms with van der Waals surface area (Å²) < 4.78 is 0. The molecule has 0 aliphatic carbocycles. The summed E-state index contributed by atoms with van der Waals surface area (Å²) in [5.74, 6) is 0.553. The van der Waals surface area contributed by atoms with Gasteiger partial charge in [-0.1, -0.05) is 68.4 Å². The van der Waals surface area contributed by atoms with Crippen molar-refractivity contribution in [3.63, 3.8) is 0 Å². The van der Waals surface area contributed by atoms with Gasteiger partial charge < -0.3 is 0 Å². The standard InChI is InChI=1S/C24H34N2/c1-19(2)21-13-9-10-14-22(21)23-18-25(15-16-26(23)24(3,4)5)17-20-11-7-6-8-12-20/h6-14,19,23H,15-18H2,1-5H3. The van der Waals surface area contributed by atoms with Crippen LogP contribution in [0, 0.1) is 0 Å². The minimum absolute atomic E-state index is 0.174. The van der Waals surface area contributed by atoms with E-state index in [0.29, 0.717) is 12.0 Å². The second-order valence-corrected chi connectivity index (χ2v) is 8.88. The zero-order chi connectivity index (χ0) is 18.7. The Morgan fingerprint density at radius 3 is 2.23 bits per heavy atom. The minimum Gasteiger partial charge on any atom is -0.296 e. The van der Waals surface area contributed by atoms with Crippen molar-refractivity contribution in [3.05, 3.63) is 71.3 Å². The Bertz CT molecular complexity index is 700. The fourth-order valence-electron chi connectivity index (χ4n) is 4.23. The van der Waals surface area contributed by atoms with Crippen molar-refractivity contribution in [2.75, 3.05) is 19.6 Å². The van der Waals surface area contributed by atoms with E-state index in [0.717, 1.165) is 26.2 Å². The van der Waals surface area contributed by atoms with Crippen LogP contribution in [0.3, 0.4) is 0 Å². The molecule has 1 atom stereocenters. The molecule has 1 aliphatic rings. The molecule has 2 aromatic carbocycles. The molecule has 1 heterocycles. The highest BCUT2D eigenvalue weighted by atomic mass is 15.3. The van der Waals surface area contributed by atoms with E-state index >= 15 is 0 Å². The molecule has 0 spiro atoms. The zero-order valence-corrected chi connectivity index (χ0v) is 17.1. The predicted octanol–water partition coefficient (Wildman–Crippen LogP) is 5.47. The topological polar surface area (TPSA) is 6.48 Å². The maximum Gasteiger partial charge on any atom is 0.0483 e. The number of hydrogen-bond donors (Lipinski definition) is 0. The lowest BCUT2D eigenvalue weighted by molar-refractivity contribution is 0.00555. The first-order valence-electron chi connectivity index (χ1n) is 9.98. The lowest BCUT2D eigenvalue weighted by atomic mass is 9.88. The minimum atomic E-state index is 0.174. The molecule has 140 valence electrons. The summed E-state index contributed by atoms with van der Waals surface area (Å²) >= 11 is 0. The van der Waals surface area contributed by atoms with Crippen molar-refractivity contribution >= 4 is 0 Å². The van der Waals surface area contributed by atoms with Gasteiger partial charge in [-0.3, -0.25) is 9.80 Å². The zero-order valence-electron chi connectivity index (χ0n) is 17.1. The van der Waals surface area contributed by atoms with Gasteiger partial charge in [0, 0.05) is 37.8 Å². The van der Waals surface area contributed by atoms with Crippen LogP contribution in [0.5, 0.6) is 0 Å². The highest BCUT2D eigenvalue weighted by Crippen LogP contribution is 2.35. The van der Waals surface area contributed by atoms with Gasteiger partial charge in [-0.25, -0.2) is 0 Å². The van der Waals surface area contributed by atoms with Crippen LogP contribution >= 0.6 is 0 Å². The molecule has 0 amide bonds. The van der Waals surface area contributed by atoms with Gasteiger partial charge in [0.25, 0.3) is 0 Å². The predicted molar refractivity (Wildman–Crippen MR) is 111 cm³/mol. The smallest absolute Gasteiger partial charge is 0.0483 e. The molecular weight excluding hydrogens is 316 g/mol. The summed E-state index contributed by atoms with van der Waals surface area (Å²) in [5.41, 5.74) is 4.59. The first-order chi connectivity index (χ1) is 12.4. The molecule has 1 aliphatic heterocycles. The van der Waals surface area contributed by atoms with E-state index in [-0.39, 0.29) is 5.54 Å². The molecule has 2 aromatic rings. The average Bonchev–Trinajstić information content (AvgIpc) is 2.61. The lowest BCUT2D eigenvalue weighted by Gasteiger charge is -2.49. The third-order valence-corrected chi connectivity index (χ3v) is 5.55. The molecule has 0 N–H and O–H groups in total. The van der Waals surface area contributed by atoms with Crippen molar-refractivity contribution in [2.45, 2.75) is 58.7 Å².